The summed E-state index contributed by atoms with van der Waals surface area (Å²) in [7, 11) is 0. The van der Waals surface area contributed by atoms with Gasteiger partial charge < -0.3 is 10.0 Å². The molecule has 21 heavy (non-hydrogen) atoms. The molecule has 1 aliphatic rings. The third-order valence-corrected chi connectivity index (χ3v) is 5.04. The second kappa shape index (κ2) is 7.18. The minimum atomic E-state index is -0.813. The minimum absolute atomic E-state index is 0.0187. The van der Waals surface area contributed by atoms with E-state index >= 15 is 0 Å². The zero-order valence-electron chi connectivity index (χ0n) is 11.8. The molecule has 0 radical (unpaired) electrons. The molecule has 2 atom stereocenters. The Balaban J connectivity index is 1.80. The van der Waals surface area contributed by atoms with Crippen molar-refractivity contribution in [3.8, 4) is 0 Å². The zero-order chi connectivity index (χ0) is 15.4. The number of thioether (sulfide) groups is 1. The standard InChI is InChI=1S/C15H18ClNO3S/c1-10-13(15(19)20)6-7-17(10)14(18)9-21-8-11-2-4-12(16)5-3-11/h2-5,10,13H,6-9H2,1H3,(H,19,20). The van der Waals surface area contributed by atoms with Crippen LogP contribution in [0.25, 0.3) is 0 Å². The van der Waals surface area contributed by atoms with E-state index < -0.39 is 11.9 Å². The van der Waals surface area contributed by atoms with E-state index in [2.05, 4.69) is 0 Å². The number of rotatable bonds is 5. The van der Waals surface area contributed by atoms with E-state index in [0.29, 0.717) is 23.7 Å². The molecule has 1 aliphatic heterocycles. The van der Waals surface area contributed by atoms with Crippen molar-refractivity contribution in [3.05, 3.63) is 34.9 Å². The van der Waals surface area contributed by atoms with Crippen molar-refractivity contribution in [2.24, 2.45) is 5.92 Å². The van der Waals surface area contributed by atoms with Crippen LogP contribution in [0.4, 0.5) is 0 Å². The summed E-state index contributed by atoms with van der Waals surface area (Å²) in [5.74, 6) is -0.112. The number of hydrogen-bond donors (Lipinski definition) is 1. The number of likely N-dealkylation sites (tertiary alicyclic amines) is 1. The highest BCUT2D eigenvalue weighted by Gasteiger charge is 2.37. The van der Waals surface area contributed by atoms with Crippen molar-refractivity contribution < 1.29 is 14.7 Å². The number of carboxylic acid groups (broad SMARTS) is 1. The van der Waals surface area contributed by atoms with Gasteiger partial charge in [-0.1, -0.05) is 23.7 Å². The molecule has 1 amide bonds. The summed E-state index contributed by atoms with van der Waals surface area (Å²) in [5, 5.41) is 9.78. The smallest absolute Gasteiger partial charge is 0.308 e. The predicted octanol–water partition coefficient (Wildman–Crippen LogP) is 2.89. The molecule has 1 fully saturated rings. The molecule has 0 aromatic heterocycles. The van der Waals surface area contributed by atoms with Gasteiger partial charge in [0.25, 0.3) is 0 Å². The maximum atomic E-state index is 12.2. The summed E-state index contributed by atoms with van der Waals surface area (Å²) >= 11 is 7.36. The Morgan fingerprint density at radius 3 is 2.62 bits per heavy atom. The number of amides is 1. The molecule has 0 saturated carbocycles. The second-order valence-corrected chi connectivity index (χ2v) is 6.60. The molecular weight excluding hydrogens is 310 g/mol. The van der Waals surface area contributed by atoms with Crippen LogP contribution in [0, 0.1) is 5.92 Å². The third-order valence-electron chi connectivity index (χ3n) is 3.80. The van der Waals surface area contributed by atoms with Gasteiger partial charge in [-0.2, -0.15) is 0 Å². The molecule has 1 aromatic rings. The van der Waals surface area contributed by atoms with Gasteiger partial charge >= 0.3 is 5.97 Å². The highest BCUT2D eigenvalue weighted by Crippen LogP contribution is 2.25. The average molecular weight is 328 g/mol. The van der Waals surface area contributed by atoms with Gasteiger partial charge in [0.1, 0.15) is 0 Å². The number of benzene rings is 1. The van der Waals surface area contributed by atoms with Crippen molar-refractivity contribution in [3.63, 3.8) is 0 Å². The zero-order valence-corrected chi connectivity index (χ0v) is 13.4. The molecule has 6 heteroatoms. The van der Waals surface area contributed by atoms with E-state index in [1.807, 2.05) is 31.2 Å². The fourth-order valence-electron chi connectivity index (χ4n) is 2.54. The highest BCUT2D eigenvalue weighted by atomic mass is 35.5. The molecule has 1 aromatic carbocycles. The third kappa shape index (κ3) is 4.14. The van der Waals surface area contributed by atoms with E-state index in [1.165, 1.54) is 11.8 Å². The van der Waals surface area contributed by atoms with E-state index in [1.54, 1.807) is 4.90 Å². The van der Waals surface area contributed by atoms with Crippen LogP contribution >= 0.6 is 23.4 Å². The molecule has 0 bridgehead atoms. The van der Waals surface area contributed by atoms with E-state index in [0.717, 1.165) is 11.3 Å². The first-order valence-corrected chi connectivity index (χ1v) is 8.36. The fraction of sp³-hybridized carbons (Fsp3) is 0.467. The first kappa shape index (κ1) is 16.2. The summed E-state index contributed by atoms with van der Waals surface area (Å²) in [6.45, 7) is 2.35. The van der Waals surface area contributed by atoms with E-state index in [9.17, 15) is 9.59 Å². The molecule has 1 N–H and O–H groups in total. The molecule has 2 unspecified atom stereocenters. The predicted molar refractivity (Wildman–Crippen MR) is 84.5 cm³/mol. The van der Waals surface area contributed by atoms with Crippen LogP contribution in [-0.4, -0.2) is 40.2 Å². The van der Waals surface area contributed by atoms with Gasteiger partial charge in [0.05, 0.1) is 11.7 Å². The van der Waals surface area contributed by atoms with E-state index in [4.69, 9.17) is 16.7 Å². The Labute approximate surface area is 133 Å². The van der Waals surface area contributed by atoms with Crippen LogP contribution in [0.5, 0.6) is 0 Å². The van der Waals surface area contributed by atoms with Gasteiger partial charge in [-0.05, 0) is 31.0 Å². The molecule has 0 spiro atoms. The number of carbonyl (C=O) groups excluding carboxylic acids is 1. The summed E-state index contributed by atoms with van der Waals surface area (Å²) in [4.78, 5) is 24.9. The van der Waals surface area contributed by atoms with Gasteiger partial charge in [-0.3, -0.25) is 9.59 Å². The minimum Gasteiger partial charge on any atom is -0.481 e. The van der Waals surface area contributed by atoms with Gasteiger partial charge in [0.15, 0.2) is 0 Å². The maximum Gasteiger partial charge on any atom is 0.308 e. The SMILES string of the molecule is CC1C(C(=O)O)CCN1C(=O)CSCc1ccc(Cl)cc1. The van der Waals surface area contributed by atoms with Crippen molar-refractivity contribution >= 4 is 35.2 Å². The first-order valence-electron chi connectivity index (χ1n) is 6.83. The monoisotopic (exact) mass is 327 g/mol. The number of carboxylic acids is 1. The summed E-state index contributed by atoms with van der Waals surface area (Å²) in [5.41, 5.74) is 1.12. The summed E-state index contributed by atoms with van der Waals surface area (Å²) in [6, 6.07) is 7.34. The number of hydrogen-bond acceptors (Lipinski definition) is 3. The lowest BCUT2D eigenvalue weighted by molar-refractivity contribution is -0.142. The Morgan fingerprint density at radius 2 is 2.05 bits per heavy atom. The van der Waals surface area contributed by atoms with Crippen molar-refractivity contribution in [2.45, 2.75) is 25.1 Å². The maximum absolute atomic E-state index is 12.2. The Morgan fingerprint density at radius 1 is 1.38 bits per heavy atom. The molecule has 2 rings (SSSR count). The van der Waals surface area contributed by atoms with Gasteiger partial charge in [0, 0.05) is 23.4 Å². The topological polar surface area (TPSA) is 57.6 Å². The van der Waals surface area contributed by atoms with Crippen molar-refractivity contribution in [1.82, 2.24) is 4.90 Å². The molecular formula is C15H18ClNO3S. The summed E-state index contributed by atoms with van der Waals surface area (Å²) in [6.07, 6.45) is 0.546. The fourth-order valence-corrected chi connectivity index (χ4v) is 3.54. The van der Waals surface area contributed by atoms with Crippen LogP contribution in [0.3, 0.4) is 0 Å². The lowest BCUT2D eigenvalue weighted by Gasteiger charge is -2.23. The quantitative estimate of drug-likeness (QED) is 0.903. The first-order chi connectivity index (χ1) is 9.99. The highest BCUT2D eigenvalue weighted by molar-refractivity contribution is 7.99. The lowest BCUT2D eigenvalue weighted by Crippen LogP contribution is -2.38. The van der Waals surface area contributed by atoms with E-state index in [-0.39, 0.29) is 11.9 Å². The Hall–Kier alpha value is -1.20. The molecule has 1 heterocycles. The Bertz CT molecular complexity index is 520. The Kier molecular flexibility index (Phi) is 5.53. The molecule has 1 saturated heterocycles. The molecule has 114 valence electrons. The van der Waals surface area contributed by atoms with Gasteiger partial charge in [-0.25, -0.2) is 0 Å². The van der Waals surface area contributed by atoms with Crippen LogP contribution in [0.15, 0.2) is 24.3 Å². The van der Waals surface area contributed by atoms with Gasteiger partial charge in [0.2, 0.25) is 5.91 Å². The lowest BCUT2D eigenvalue weighted by atomic mass is 10.0. The summed E-state index contributed by atoms with van der Waals surface area (Å²) < 4.78 is 0. The number of aliphatic carboxylic acids is 1. The van der Waals surface area contributed by atoms with Crippen LogP contribution in [-0.2, 0) is 15.3 Å². The normalized spacial score (nSPS) is 21.5. The van der Waals surface area contributed by atoms with Gasteiger partial charge in [-0.15, -0.1) is 11.8 Å². The van der Waals surface area contributed by atoms with Crippen LogP contribution in [0.1, 0.15) is 18.9 Å². The van der Waals surface area contributed by atoms with Crippen LogP contribution in [0.2, 0.25) is 5.02 Å². The van der Waals surface area contributed by atoms with Crippen molar-refractivity contribution in [1.29, 1.82) is 0 Å². The largest absolute Gasteiger partial charge is 0.481 e. The van der Waals surface area contributed by atoms with Crippen molar-refractivity contribution in [2.75, 3.05) is 12.3 Å². The van der Waals surface area contributed by atoms with Crippen LogP contribution < -0.4 is 0 Å². The number of halogens is 1. The number of carbonyl (C=O) groups is 2. The molecule has 0 aliphatic carbocycles. The second-order valence-electron chi connectivity index (χ2n) is 5.18. The number of nitrogens with zero attached hydrogens (tertiary/aromatic N) is 1. The average Bonchev–Trinajstić information content (AvgIpc) is 2.83. The molecule has 4 nitrogen and oxygen atoms in total.